The number of nitrogens with one attached hydrogen (secondary N) is 1. The van der Waals surface area contributed by atoms with E-state index in [9.17, 15) is 23.3 Å². The number of thiazole rings is 1. The summed E-state index contributed by atoms with van der Waals surface area (Å²) in [7, 11) is -3.64. The zero-order chi connectivity index (χ0) is 20.3. The van der Waals surface area contributed by atoms with Crippen molar-refractivity contribution in [1.29, 1.82) is 0 Å². The van der Waals surface area contributed by atoms with E-state index in [-0.39, 0.29) is 32.9 Å². The molecule has 0 amide bonds. The molecule has 0 bridgehead atoms. The maximum Gasteiger partial charge on any atom is 0.345 e. The van der Waals surface area contributed by atoms with Crippen molar-refractivity contribution in [2.75, 3.05) is 25.0 Å². The van der Waals surface area contributed by atoms with Gasteiger partial charge in [0.1, 0.15) is 6.20 Å². The Labute approximate surface area is 166 Å². The fourth-order valence-corrected chi connectivity index (χ4v) is 5.04. The van der Waals surface area contributed by atoms with Crippen molar-refractivity contribution in [3.8, 4) is 0 Å². The molecule has 0 aliphatic carbocycles. The van der Waals surface area contributed by atoms with Crippen molar-refractivity contribution in [3.63, 3.8) is 0 Å². The lowest BCUT2D eigenvalue weighted by Gasteiger charge is -2.29. The molecule has 0 radical (unpaired) electrons. The summed E-state index contributed by atoms with van der Waals surface area (Å²) in [6.07, 6.45) is 2.76. The predicted octanol–water partition coefficient (Wildman–Crippen LogP) is 2.77. The second kappa shape index (κ2) is 8.33. The second-order valence-electron chi connectivity index (χ2n) is 6.65. The Morgan fingerprint density at radius 3 is 2.75 bits per heavy atom. The molecule has 1 aliphatic rings. The summed E-state index contributed by atoms with van der Waals surface area (Å²) in [6, 6.07) is 5.95. The van der Waals surface area contributed by atoms with Crippen LogP contribution < -0.4 is 5.32 Å². The molecule has 28 heavy (non-hydrogen) atoms. The number of carbonyl (C=O) groups excluding carboxylic acids is 1. The van der Waals surface area contributed by atoms with Crippen molar-refractivity contribution >= 4 is 37.3 Å². The van der Waals surface area contributed by atoms with Gasteiger partial charge in [0.05, 0.1) is 16.4 Å². The first-order valence-corrected chi connectivity index (χ1v) is 11.0. The molecule has 1 N–H and O–H groups in total. The molecule has 1 aromatic heterocycles. The molecule has 0 atom stereocenters. The predicted molar refractivity (Wildman–Crippen MR) is 105 cm³/mol. The van der Waals surface area contributed by atoms with Crippen molar-refractivity contribution in [2.45, 2.75) is 24.7 Å². The van der Waals surface area contributed by atoms with Gasteiger partial charge >= 0.3 is 5.00 Å². The van der Waals surface area contributed by atoms with Crippen LogP contribution in [-0.4, -0.2) is 48.0 Å². The number of nitrogens with zero attached hydrogens (tertiary/aromatic N) is 3. The third-order valence-electron chi connectivity index (χ3n) is 4.61. The Morgan fingerprint density at radius 1 is 1.39 bits per heavy atom. The molecular formula is C17H20N4O5S2. The van der Waals surface area contributed by atoms with Gasteiger partial charge in [-0.15, -0.1) is 0 Å². The van der Waals surface area contributed by atoms with E-state index in [1.54, 1.807) is 12.1 Å². The summed E-state index contributed by atoms with van der Waals surface area (Å²) in [5, 5.41) is 13.5. The number of nitro groups is 1. The van der Waals surface area contributed by atoms with E-state index in [0.717, 1.165) is 30.4 Å². The Hall–Kier alpha value is -2.37. The minimum atomic E-state index is -3.64. The SMILES string of the molecule is CC1CCN(S(=O)(=O)c2cccc(C(=O)CNc3ncc([N+](=O)[O-])s3)c2)CC1. The zero-order valence-electron chi connectivity index (χ0n) is 15.2. The lowest BCUT2D eigenvalue weighted by Crippen LogP contribution is -2.37. The number of hydrogen-bond donors (Lipinski definition) is 1. The Bertz CT molecular complexity index is 981. The lowest BCUT2D eigenvalue weighted by atomic mass is 10.0. The van der Waals surface area contributed by atoms with E-state index in [1.165, 1.54) is 16.4 Å². The van der Waals surface area contributed by atoms with E-state index < -0.39 is 14.9 Å². The second-order valence-corrected chi connectivity index (χ2v) is 9.60. The molecule has 0 unspecified atom stereocenters. The molecule has 1 saturated heterocycles. The number of anilines is 1. The van der Waals surface area contributed by atoms with Gasteiger partial charge in [0.25, 0.3) is 0 Å². The van der Waals surface area contributed by atoms with Crippen LogP contribution >= 0.6 is 11.3 Å². The highest BCUT2D eigenvalue weighted by molar-refractivity contribution is 7.89. The molecule has 0 spiro atoms. The van der Waals surface area contributed by atoms with Crippen LogP contribution in [0.25, 0.3) is 0 Å². The standard InChI is InChI=1S/C17H20N4O5S2/c1-12-5-7-20(8-6-12)28(25,26)14-4-2-3-13(9-14)15(22)10-18-17-19-11-16(27-17)21(23)24/h2-4,9,11-12H,5-8,10H2,1H3,(H,18,19). The van der Waals surface area contributed by atoms with Crippen LogP contribution in [0.2, 0.25) is 0 Å². The normalized spacial score (nSPS) is 16.0. The summed E-state index contributed by atoms with van der Waals surface area (Å²) in [6.45, 7) is 2.92. The Morgan fingerprint density at radius 2 is 2.11 bits per heavy atom. The number of carbonyl (C=O) groups is 1. The quantitative estimate of drug-likeness (QED) is 0.412. The lowest BCUT2D eigenvalue weighted by molar-refractivity contribution is -0.380. The fraction of sp³-hybridized carbons (Fsp3) is 0.412. The average molecular weight is 425 g/mol. The first-order chi connectivity index (χ1) is 13.3. The van der Waals surface area contributed by atoms with Gasteiger partial charge in [-0.1, -0.05) is 19.1 Å². The summed E-state index contributed by atoms with van der Waals surface area (Å²) in [5.74, 6) is 0.175. The number of rotatable bonds is 7. The number of ketones is 1. The summed E-state index contributed by atoms with van der Waals surface area (Å²) < 4.78 is 27.1. The number of piperidine rings is 1. The molecule has 1 aromatic carbocycles. The average Bonchev–Trinajstić information content (AvgIpc) is 3.16. The molecule has 3 rings (SSSR count). The van der Waals surface area contributed by atoms with Gasteiger partial charge in [0.2, 0.25) is 10.0 Å². The van der Waals surface area contributed by atoms with Crippen LogP contribution in [0.5, 0.6) is 0 Å². The van der Waals surface area contributed by atoms with E-state index in [2.05, 4.69) is 17.2 Å². The number of aromatic nitrogens is 1. The van der Waals surface area contributed by atoms with Crippen LogP contribution in [0.4, 0.5) is 10.1 Å². The minimum absolute atomic E-state index is 0.0952. The summed E-state index contributed by atoms with van der Waals surface area (Å²) in [4.78, 5) is 26.5. The monoisotopic (exact) mass is 424 g/mol. The highest BCUT2D eigenvalue weighted by atomic mass is 32.2. The van der Waals surface area contributed by atoms with Gasteiger partial charge in [-0.2, -0.15) is 4.31 Å². The highest BCUT2D eigenvalue weighted by Crippen LogP contribution is 2.26. The number of sulfonamides is 1. The first-order valence-electron chi connectivity index (χ1n) is 8.75. The largest absolute Gasteiger partial charge is 0.354 e. The zero-order valence-corrected chi connectivity index (χ0v) is 16.8. The van der Waals surface area contributed by atoms with Crippen LogP contribution in [0, 0.1) is 16.0 Å². The Kier molecular flexibility index (Phi) is 6.06. The van der Waals surface area contributed by atoms with E-state index in [4.69, 9.17) is 0 Å². The highest BCUT2D eigenvalue weighted by Gasteiger charge is 2.28. The topological polar surface area (TPSA) is 123 Å². The maximum atomic E-state index is 12.8. The smallest absolute Gasteiger partial charge is 0.345 e. The van der Waals surface area contributed by atoms with Gasteiger partial charge < -0.3 is 5.32 Å². The summed E-state index contributed by atoms with van der Waals surface area (Å²) >= 11 is 0.828. The van der Waals surface area contributed by atoms with Crippen LogP contribution in [0.1, 0.15) is 30.1 Å². The summed E-state index contributed by atoms with van der Waals surface area (Å²) in [5.41, 5.74) is 0.255. The van der Waals surface area contributed by atoms with Gasteiger partial charge in [-0.3, -0.25) is 14.9 Å². The van der Waals surface area contributed by atoms with Gasteiger partial charge in [0.15, 0.2) is 10.9 Å². The van der Waals surface area contributed by atoms with Crippen LogP contribution in [-0.2, 0) is 10.0 Å². The van der Waals surface area contributed by atoms with E-state index in [1.807, 2.05) is 0 Å². The number of Topliss-reactive ketones (excluding diaryl/α,β-unsaturated/α-hetero) is 1. The molecule has 1 fully saturated rings. The first kappa shape index (κ1) is 20.4. The van der Waals surface area contributed by atoms with Crippen molar-refractivity contribution in [2.24, 2.45) is 5.92 Å². The van der Waals surface area contributed by atoms with E-state index >= 15 is 0 Å². The maximum absolute atomic E-state index is 12.8. The molecule has 11 heteroatoms. The molecule has 1 aliphatic heterocycles. The van der Waals surface area contributed by atoms with Gasteiger partial charge in [0, 0.05) is 18.7 Å². The third kappa shape index (κ3) is 4.54. The number of benzene rings is 1. The molecule has 150 valence electrons. The molecular weight excluding hydrogens is 404 g/mol. The molecule has 0 saturated carbocycles. The van der Waals surface area contributed by atoms with Gasteiger partial charge in [-0.05, 0) is 42.2 Å². The third-order valence-corrected chi connectivity index (χ3v) is 7.41. The molecule has 2 aromatic rings. The van der Waals surface area contributed by atoms with Crippen molar-refractivity contribution in [3.05, 3.63) is 46.1 Å². The van der Waals surface area contributed by atoms with E-state index in [0.29, 0.717) is 19.0 Å². The Balaban J connectivity index is 1.69. The van der Waals surface area contributed by atoms with Gasteiger partial charge in [-0.25, -0.2) is 13.4 Å². The van der Waals surface area contributed by atoms with Crippen LogP contribution in [0.15, 0.2) is 35.4 Å². The van der Waals surface area contributed by atoms with Crippen molar-refractivity contribution < 1.29 is 18.1 Å². The minimum Gasteiger partial charge on any atom is -0.354 e. The van der Waals surface area contributed by atoms with Crippen LogP contribution in [0.3, 0.4) is 0 Å². The van der Waals surface area contributed by atoms with Crippen molar-refractivity contribution in [1.82, 2.24) is 9.29 Å². The molecule has 2 heterocycles. The number of hydrogen-bond acceptors (Lipinski definition) is 8. The fourth-order valence-electron chi connectivity index (χ4n) is 2.89. The molecule has 9 nitrogen and oxygen atoms in total.